The Morgan fingerprint density at radius 3 is 3.06 bits per heavy atom. The topological polar surface area (TPSA) is 74.2 Å². The van der Waals surface area contributed by atoms with Crippen molar-refractivity contribution in [1.29, 1.82) is 0 Å². The summed E-state index contributed by atoms with van der Waals surface area (Å²) in [5.41, 5.74) is 8.27. The van der Waals surface area contributed by atoms with E-state index in [-0.39, 0.29) is 6.04 Å². The fourth-order valence-corrected chi connectivity index (χ4v) is 1.99. The molecule has 2 heterocycles. The van der Waals surface area contributed by atoms with E-state index >= 15 is 0 Å². The second kappa shape index (κ2) is 3.85. The summed E-state index contributed by atoms with van der Waals surface area (Å²) in [7, 11) is 0. The molecular formula is C12H13N3O2. The summed E-state index contributed by atoms with van der Waals surface area (Å²) < 4.78 is 10.4. The highest BCUT2D eigenvalue weighted by Crippen LogP contribution is 2.28. The summed E-state index contributed by atoms with van der Waals surface area (Å²) in [6.45, 7) is 2.50. The summed E-state index contributed by atoms with van der Waals surface area (Å²) in [4.78, 5) is 4.15. The SMILES string of the molecule is Cc1nc(C(N)c2ccc3c(c2)CCO3)no1. The van der Waals surface area contributed by atoms with E-state index in [0.29, 0.717) is 11.7 Å². The summed E-state index contributed by atoms with van der Waals surface area (Å²) in [6, 6.07) is 5.60. The lowest BCUT2D eigenvalue weighted by Crippen LogP contribution is -2.13. The highest BCUT2D eigenvalue weighted by molar-refractivity contribution is 5.41. The molecule has 1 aromatic carbocycles. The molecule has 3 rings (SSSR count). The molecule has 2 aromatic rings. The molecule has 2 N–H and O–H groups in total. The average Bonchev–Trinajstić information content (AvgIpc) is 2.95. The normalized spacial score (nSPS) is 15.4. The largest absolute Gasteiger partial charge is 0.493 e. The number of fused-ring (bicyclic) bond motifs is 1. The van der Waals surface area contributed by atoms with Gasteiger partial charge in [0, 0.05) is 13.3 Å². The van der Waals surface area contributed by atoms with Gasteiger partial charge in [0.2, 0.25) is 5.89 Å². The van der Waals surface area contributed by atoms with E-state index in [1.54, 1.807) is 6.92 Å². The van der Waals surface area contributed by atoms with E-state index in [4.69, 9.17) is 15.0 Å². The third kappa shape index (κ3) is 1.78. The van der Waals surface area contributed by atoms with Crippen LogP contribution in [0.4, 0.5) is 0 Å². The number of rotatable bonds is 2. The Bertz CT molecular complexity index is 550. The molecule has 0 fully saturated rings. The summed E-state index contributed by atoms with van der Waals surface area (Å²) in [5.74, 6) is 1.99. The summed E-state index contributed by atoms with van der Waals surface area (Å²) in [5, 5.41) is 3.84. The molecule has 0 amide bonds. The third-order valence-electron chi connectivity index (χ3n) is 2.89. The van der Waals surface area contributed by atoms with Crippen molar-refractivity contribution in [3.05, 3.63) is 41.0 Å². The van der Waals surface area contributed by atoms with E-state index in [1.165, 1.54) is 5.56 Å². The molecular weight excluding hydrogens is 218 g/mol. The standard InChI is InChI=1S/C12H13N3O2/c1-7-14-12(15-17-7)11(13)9-2-3-10-8(6-9)4-5-16-10/h2-3,6,11H,4-5,13H2,1H3. The monoisotopic (exact) mass is 231 g/mol. The molecule has 1 unspecified atom stereocenters. The molecule has 0 saturated carbocycles. The second-order valence-corrected chi connectivity index (χ2v) is 4.11. The molecule has 1 aromatic heterocycles. The van der Waals surface area contributed by atoms with Gasteiger partial charge in [0.05, 0.1) is 12.6 Å². The third-order valence-corrected chi connectivity index (χ3v) is 2.89. The lowest BCUT2D eigenvalue weighted by molar-refractivity contribution is 0.357. The molecule has 5 nitrogen and oxygen atoms in total. The van der Waals surface area contributed by atoms with Crippen LogP contribution < -0.4 is 10.5 Å². The maximum absolute atomic E-state index is 6.10. The van der Waals surface area contributed by atoms with Crippen molar-refractivity contribution in [3.63, 3.8) is 0 Å². The van der Waals surface area contributed by atoms with Gasteiger partial charge in [0.25, 0.3) is 0 Å². The van der Waals surface area contributed by atoms with Gasteiger partial charge >= 0.3 is 0 Å². The number of hydrogen-bond acceptors (Lipinski definition) is 5. The zero-order valence-electron chi connectivity index (χ0n) is 9.51. The second-order valence-electron chi connectivity index (χ2n) is 4.11. The van der Waals surface area contributed by atoms with Crippen LogP contribution in [-0.4, -0.2) is 16.7 Å². The van der Waals surface area contributed by atoms with Gasteiger partial charge in [-0.15, -0.1) is 0 Å². The van der Waals surface area contributed by atoms with Crippen molar-refractivity contribution in [2.75, 3.05) is 6.61 Å². The van der Waals surface area contributed by atoms with Gasteiger partial charge < -0.3 is 15.0 Å². The highest BCUT2D eigenvalue weighted by atomic mass is 16.5. The van der Waals surface area contributed by atoms with Crippen LogP contribution in [0, 0.1) is 6.92 Å². The molecule has 0 spiro atoms. The van der Waals surface area contributed by atoms with Gasteiger partial charge in [-0.2, -0.15) is 4.98 Å². The minimum atomic E-state index is -0.349. The molecule has 1 aliphatic rings. The fraction of sp³-hybridized carbons (Fsp3) is 0.333. The number of benzene rings is 1. The quantitative estimate of drug-likeness (QED) is 0.844. The van der Waals surface area contributed by atoms with Crippen LogP contribution in [0.3, 0.4) is 0 Å². The number of nitrogens with two attached hydrogens (primary N) is 1. The Kier molecular flexibility index (Phi) is 2.33. The van der Waals surface area contributed by atoms with Crippen molar-refractivity contribution in [1.82, 2.24) is 10.1 Å². The number of aromatic nitrogens is 2. The zero-order valence-corrected chi connectivity index (χ0v) is 9.51. The van der Waals surface area contributed by atoms with E-state index in [2.05, 4.69) is 16.2 Å². The van der Waals surface area contributed by atoms with Crippen LogP contribution in [0.2, 0.25) is 0 Å². The van der Waals surface area contributed by atoms with E-state index in [9.17, 15) is 0 Å². The predicted molar refractivity (Wildman–Crippen MR) is 60.7 cm³/mol. The molecule has 1 atom stereocenters. The fourth-order valence-electron chi connectivity index (χ4n) is 1.99. The van der Waals surface area contributed by atoms with Crippen molar-refractivity contribution in [2.24, 2.45) is 5.73 Å². The van der Waals surface area contributed by atoms with Crippen molar-refractivity contribution in [3.8, 4) is 5.75 Å². The minimum absolute atomic E-state index is 0.349. The predicted octanol–water partition coefficient (Wildman–Crippen LogP) is 1.36. The lowest BCUT2D eigenvalue weighted by atomic mass is 10.0. The van der Waals surface area contributed by atoms with Gasteiger partial charge in [-0.25, -0.2) is 0 Å². The first-order valence-electron chi connectivity index (χ1n) is 5.55. The highest BCUT2D eigenvalue weighted by Gasteiger charge is 2.18. The summed E-state index contributed by atoms with van der Waals surface area (Å²) >= 11 is 0. The average molecular weight is 231 g/mol. The Morgan fingerprint density at radius 1 is 1.41 bits per heavy atom. The van der Waals surface area contributed by atoms with Gasteiger partial charge in [-0.05, 0) is 23.3 Å². The van der Waals surface area contributed by atoms with Gasteiger partial charge in [0.15, 0.2) is 5.82 Å². The van der Waals surface area contributed by atoms with Crippen LogP contribution in [0.5, 0.6) is 5.75 Å². The Labute approximate surface area is 98.6 Å². The van der Waals surface area contributed by atoms with Crippen LogP contribution in [0.25, 0.3) is 0 Å². The number of hydrogen-bond donors (Lipinski definition) is 1. The van der Waals surface area contributed by atoms with Crippen LogP contribution in [-0.2, 0) is 6.42 Å². The number of aryl methyl sites for hydroxylation is 1. The molecule has 1 aliphatic heterocycles. The van der Waals surface area contributed by atoms with Crippen molar-refractivity contribution in [2.45, 2.75) is 19.4 Å². The van der Waals surface area contributed by atoms with E-state index < -0.39 is 0 Å². The zero-order chi connectivity index (χ0) is 11.8. The first-order valence-corrected chi connectivity index (χ1v) is 5.55. The Hall–Kier alpha value is -1.88. The molecule has 0 radical (unpaired) electrons. The maximum Gasteiger partial charge on any atom is 0.223 e. The van der Waals surface area contributed by atoms with E-state index in [1.807, 2.05) is 12.1 Å². The van der Waals surface area contributed by atoms with Crippen LogP contribution in [0.15, 0.2) is 22.7 Å². The first kappa shape index (κ1) is 10.3. The maximum atomic E-state index is 6.10. The number of ether oxygens (including phenoxy) is 1. The van der Waals surface area contributed by atoms with Gasteiger partial charge in [-0.3, -0.25) is 0 Å². The molecule has 0 saturated heterocycles. The smallest absolute Gasteiger partial charge is 0.223 e. The molecule has 5 heteroatoms. The van der Waals surface area contributed by atoms with Gasteiger partial charge in [0.1, 0.15) is 5.75 Å². The lowest BCUT2D eigenvalue weighted by Gasteiger charge is -2.08. The van der Waals surface area contributed by atoms with E-state index in [0.717, 1.165) is 24.3 Å². The molecule has 88 valence electrons. The molecule has 17 heavy (non-hydrogen) atoms. The van der Waals surface area contributed by atoms with Crippen LogP contribution in [0.1, 0.15) is 28.9 Å². The molecule has 0 bridgehead atoms. The molecule has 0 aliphatic carbocycles. The van der Waals surface area contributed by atoms with Crippen molar-refractivity contribution < 1.29 is 9.26 Å². The van der Waals surface area contributed by atoms with Gasteiger partial charge in [-0.1, -0.05) is 11.2 Å². The van der Waals surface area contributed by atoms with Crippen molar-refractivity contribution >= 4 is 0 Å². The first-order chi connectivity index (χ1) is 8.24. The number of nitrogens with zero attached hydrogens (tertiary/aromatic N) is 2. The summed E-state index contributed by atoms with van der Waals surface area (Å²) in [6.07, 6.45) is 0.932. The minimum Gasteiger partial charge on any atom is -0.493 e. The van der Waals surface area contributed by atoms with Crippen LogP contribution >= 0.6 is 0 Å². The Morgan fingerprint density at radius 2 is 2.29 bits per heavy atom. The Balaban J connectivity index is 1.94.